The average Bonchev–Trinajstić information content (AvgIpc) is 2.97. The zero-order valence-electron chi connectivity index (χ0n) is 14.5. The molecule has 1 heterocycles. The molecule has 5 nitrogen and oxygen atoms in total. The Kier molecular flexibility index (Phi) is 4.71. The first-order valence-corrected chi connectivity index (χ1v) is 8.02. The van der Waals surface area contributed by atoms with Crippen molar-refractivity contribution in [2.24, 2.45) is 7.05 Å². The number of hydrogen-bond acceptors (Lipinski definition) is 4. The molecule has 0 unspecified atom stereocenters. The number of fused-ring (bicyclic) bond motifs is 1. The van der Waals surface area contributed by atoms with Gasteiger partial charge in [-0.15, -0.1) is 0 Å². The van der Waals surface area contributed by atoms with E-state index in [1.165, 1.54) is 0 Å². The van der Waals surface area contributed by atoms with Gasteiger partial charge in [-0.3, -0.25) is 0 Å². The molecular weight excluding hydrogens is 314 g/mol. The molecule has 0 atom stereocenters. The van der Waals surface area contributed by atoms with Crippen LogP contribution in [0.25, 0.3) is 22.7 Å². The number of rotatable bonds is 5. The average molecular weight is 333 g/mol. The van der Waals surface area contributed by atoms with Crippen molar-refractivity contribution in [1.82, 2.24) is 9.55 Å². The van der Waals surface area contributed by atoms with E-state index in [1.54, 1.807) is 7.11 Å². The van der Waals surface area contributed by atoms with Gasteiger partial charge < -0.3 is 14.0 Å². The van der Waals surface area contributed by atoms with Crippen molar-refractivity contribution in [3.63, 3.8) is 0 Å². The van der Waals surface area contributed by atoms with E-state index in [-0.39, 0.29) is 0 Å². The minimum absolute atomic E-state index is 0.492. The van der Waals surface area contributed by atoms with Gasteiger partial charge in [-0.25, -0.2) is 4.98 Å². The van der Waals surface area contributed by atoms with Crippen molar-refractivity contribution < 1.29 is 9.47 Å². The molecule has 0 N–H and O–H groups in total. The smallest absolute Gasteiger partial charge is 0.161 e. The number of aromatic nitrogens is 2. The Balaban J connectivity index is 2.07. The highest BCUT2D eigenvalue weighted by Crippen LogP contribution is 2.30. The maximum atomic E-state index is 9.64. The van der Waals surface area contributed by atoms with Crippen molar-refractivity contribution in [2.75, 3.05) is 13.7 Å². The van der Waals surface area contributed by atoms with Gasteiger partial charge in [-0.2, -0.15) is 5.26 Å². The van der Waals surface area contributed by atoms with E-state index in [1.807, 2.05) is 67.1 Å². The van der Waals surface area contributed by atoms with Crippen LogP contribution in [0, 0.1) is 11.3 Å². The lowest BCUT2D eigenvalue weighted by Crippen LogP contribution is -1.97. The number of hydrogen-bond donors (Lipinski definition) is 0. The largest absolute Gasteiger partial charge is 0.493 e. The summed E-state index contributed by atoms with van der Waals surface area (Å²) in [4.78, 5) is 4.59. The van der Waals surface area contributed by atoms with Crippen LogP contribution < -0.4 is 9.47 Å². The molecule has 25 heavy (non-hydrogen) atoms. The van der Waals surface area contributed by atoms with Gasteiger partial charge in [0.15, 0.2) is 17.3 Å². The summed E-state index contributed by atoms with van der Waals surface area (Å²) in [5.74, 6) is 1.96. The summed E-state index contributed by atoms with van der Waals surface area (Å²) < 4.78 is 12.8. The van der Waals surface area contributed by atoms with E-state index in [0.29, 0.717) is 29.5 Å². The number of allylic oxidation sites excluding steroid dienone is 1. The zero-order chi connectivity index (χ0) is 17.8. The molecule has 0 fully saturated rings. The minimum Gasteiger partial charge on any atom is -0.493 e. The van der Waals surface area contributed by atoms with Crippen molar-refractivity contribution in [2.45, 2.75) is 6.92 Å². The Morgan fingerprint density at radius 1 is 1.24 bits per heavy atom. The predicted molar refractivity (Wildman–Crippen MR) is 98.4 cm³/mol. The van der Waals surface area contributed by atoms with E-state index >= 15 is 0 Å². The highest BCUT2D eigenvalue weighted by molar-refractivity contribution is 5.91. The summed E-state index contributed by atoms with van der Waals surface area (Å²) in [6.07, 6.45) is 1.81. The molecule has 2 aromatic carbocycles. The highest BCUT2D eigenvalue weighted by atomic mass is 16.5. The first kappa shape index (κ1) is 16.6. The lowest BCUT2D eigenvalue weighted by atomic mass is 10.1. The number of nitriles is 1. The Labute approximate surface area is 146 Å². The van der Waals surface area contributed by atoms with Gasteiger partial charge >= 0.3 is 0 Å². The number of para-hydroxylation sites is 2. The summed E-state index contributed by atoms with van der Waals surface area (Å²) in [6.45, 7) is 2.46. The third-order valence-corrected chi connectivity index (χ3v) is 3.95. The van der Waals surface area contributed by atoms with Crippen LogP contribution >= 0.6 is 0 Å². The van der Waals surface area contributed by atoms with E-state index in [2.05, 4.69) is 11.1 Å². The monoisotopic (exact) mass is 333 g/mol. The summed E-state index contributed by atoms with van der Waals surface area (Å²) >= 11 is 0. The van der Waals surface area contributed by atoms with Gasteiger partial charge in [0.1, 0.15) is 6.07 Å². The van der Waals surface area contributed by atoms with Crippen molar-refractivity contribution in [1.29, 1.82) is 5.26 Å². The molecule has 0 amide bonds. The maximum Gasteiger partial charge on any atom is 0.161 e. The summed E-state index contributed by atoms with van der Waals surface area (Å²) in [5, 5.41) is 9.64. The number of benzene rings is 2. The first-order valence-electron chi connectivity index (χ1n) is 8.02. The molecule has 1 aromatic heterocycles. The number of imidazole rings is 1. The molecule has 0 spiro atoms. The molecule has 0 aliphatic carbocycles. The third kappa shape index (κ3) is 3.20. The van der Waals surface area contributed by atoms with Crippen molar-refractivity contribution in [3.05, 3.63) is 53.9 Å². The fourth-order valence-corrected chi connectivity index (χ4v) is 2.75. The Bertz CT molecular complexity index is 980. The molecule has 0 radical (unpaired) electrons. The van der Waals surface area contributed by atoms with Crippen LogP contribution in [-0.4, -0.2) is 23.3 Å². The zero-order valence-corrected chi connectivity index (χ0v) is 14.5. The molecule has 0 bridgehead atoms. The molecule has 0 aliphatic heterocycles. The van der Waals surface area contributed by atoms with Gasteiger partial charge in [0.05, 0.1) is 30.3 Å². The van der Waals surface area contributed by atoms with E-state index in [4.69, 9.17) is 9.47 Å². The van der Waals surface area contributed by atoms with Crippen LogP contribution in [-0.2, 0) is 7.05 Å². The third-order valence-electron chi connectivity index (χ3n) is 3.95. The predicted octanol–water partition coefficient (Wildman–Crippen LogP) is 4.04. The van der Waals surface area contributed by atoms with Crippen molar-refractivity contribution in [3.8, 4) is 17.6 Å². The molecular formula is C20H19N3O2. The molecule has 3 rings (SSSR count). The normalized spacial score (nSPS) is 11.4. The van der Waals surface area contributed by atoms with Gasteiger partial charge in [0, 0.05) is 7.05 Å². The highest BCUT2D eigenvalue weighted by Gasteiger charge is 2.12. The van der Waals surface area contributed by atoms with Gasteiger partial charge in [-0.05, 0) is 42.8 Å². The summed E-state index contributed by atoms with van der Waals surface area (Å²) in [6, 6.07) is 15.7. The number of nitrogens with zero attached hydrogens (tertiary/aromatic N) is 3. The van der Waals surface area contributed by atoms with Gasteiger partial charge in [0.2, 0.25) is 0 Å². The number of methoxy groups -OCH3 is 1. The van der Waals surface area contributed by atoms with E-state index < -0.39 is 0 Å². The lowest BCUT2D eigenvalue weighted by molar-refractivity contribution is 0.311. The molecule has 126 valence electrons. The molecule has 0 saturated carbocycles. The minimum atomic E-state index is 0.492. The standard InChI is InChI=1S/C20H19N3O2/c1-4-25-19-12-14(9-10-18(19)24-3)11-15(13-21)20-22-16-7-5-6-8-17(16)23(20)2/h5-12H,4H2,1-3H3/b15-11-. The van der Waals surface area contributed by atoms with E-state index in [9.17, 15) is 5.26 Å². The summed E-state index contributed by atoms with van der Waals surface area (Å²) in [5.41, 5.74) is 3.20. The quantitative estimate of drug-likeness (QED) is 0.661. The fraction of sp³-hybridized carbons (Fsp3) is 0.200. The summed E-state index contributed by atoms with van der Waals surface area (Å²) in [7, 11) is 3.52. The second kappa shape index (κ2) is 7.10. The second-order valence-corrected chi connectivity index (χ2v) is 5.50. The van der Waals surface area contributed by atoms with Crippen LogP contribution in [0.2, 0.25) is 0 Å². The molecule has 0 aliphatic rings. The molecule has 5 heteroatoms. The fourth-order valence-electron chi connectivity index (χ4n) is 2.75. The Hall–Kier alpha value is -3.26. The van der Waals surface area contributed by atoms with Gasteiger partial charge in [-0.1, -0.05) is 18.2 Å². The molecule has 3 aromatic rings. The topological polar surface area (TPSA) is 60.1 Å². The Morgan fingerprint density at radius 2 is 2.04 bits per heavy atom. The van der Waals surface area contributed by atoms with E-state index in [0.717, 1.165) is 16.6 Å². The first-order chi connectivity index (χ1) is 12.2. The maximum absolute atomic E-state index is 9.64. The van der Waals surface area contributed by atoms with Crippen LogP contribution in [0.1, 0.15) is 18.3 Å². The lowest BCUT2D eigenvalue weighted by Gasteiger charge is -2.10. The molecule has 0 saturated heterocycles. The number of aryl methyl sites for hydroxylation is 1. The van der Waals surface area contributed by atoms with Gasteiger partial charge in [0.25, 0.3) is 0 Å². The van der Waals surface area contributed by atoms with Crippen molar-refractivity contribution >= 4 is 22.7 Å². The van der Waals surface area contributed by atoms with Crippen LogP contribution in [0.15, 0.2) is 42.5 Å². The number of ether oxygens (including phenoxy) is 2. The second-order valence-electron chi connectivity index (χ2n) is 5.50. The van der Waals surface area contributed by atoms with Crippen LogP contribution in [0.5, 0.6) is 11.5 Å². The Morgan fingerprint density at radius 3 is 2.72 bits per heavy atom. The SMILES string of the molecule is CCOc1cc(/C=C(/C#N)c2nc3ccccc3n2C)ccc1OC. The van der Waals surface area contributed by atoms with Crippen LogP contribution in [0.3, 0.4) is 0 Å². The van der Waals surface area contributed by atoms with Crippen LogP contribution in [0.4, 0.5) is 0 Å².